The maximum atomic E-state index is 11.5. The van der Waals surface area contributed by atoms with E-state index in [4.69, 9.17) is 9.73 Å². The predicted octanol–water partition coefficient (Wildman–Crippen LogP) is 5.54. The number of aliphatic imine (C=N–C) groups is 1. The summed E-state index contributed by atoms with van der Waals surface area (Å²) in [5.41, 5.74) is 3.97. The van der Waals surface area contributed by atoms with Crippen molar-refractivity contribution < 1.29 is 9.53 Å². The van der Waals surface area contributed by atoms with E-state index >= 15 is 0 Å². The lowest BCUT2D eigenvalue weighted by atomic mass is 10.2. The van der Waals surface area contributed by atoms with Crippen LogP contribution < -0.4 is 10.2 Å². The largest absolute Gasteiger partial charge is 0.378 e. The number of carbonyl (C=O) groups excluding carboxylic acids is 1. The summed E-state index contributed by atoms with van der Waals surface area (Å²) >= 11 is 1.74. The molecule has 0 bridgehead atoms. The number of thioether (sulfide) groups is 1. The van der Waals surface area contributed by atoms with Crippen molar-refractivity contribution in [2.75, 3.05) is 38.3 Å². The summed E-state index contributed by atoms with van der Waals surface area (Å²) in [4.78, 5) is 25.5. The highest BCUT2D eigenvalue weighted by Crippen LogP contribution is 2.26. The van der Waals surface area contributed by atoms with Gasteiger partial charge in [-0.1, -0.05) is 43.8 Å². The van der Waals surface area contributed by atoms with E-state index in [0.29, 0.717) is 6.54 Å². The number of nitrogens with one attached hydrogen (secondary N) is 1. The Labute approximate surface area is 225 Å². The Kier molecular flexibility index (Phi) is 11.7. The van der Waals surface area contributed by atoms with Crippen LogP contribution in [0, 0.1) is 0 Å². The van der Waals surface area contributed by atoms with E-state index in [1.807, 2.05) is 36.5 Å². The minimum Gasteiger partial charge on any atom is -0.378 e. The van der Waals surface area contributed by atoms with Crippen molar-refractivity contribution in [2.45, 2.75) is 45.4 Å². The van der Waals surface area contributed by atoms with Gasteiger partial charge in [0, 0.05) is 49.9 Å². The van der Waals surface area contributed by atoms with E-state index in [1.165, 1.54) is 12.6 Å². The number of benzene rings is 1. The van der Waals surface area contributed by atoms with Crippen LogP contribution in [0.5, 0.6) is 0 Å². The molecule has 37 heavy (non-hydrogen) atoms. The molecule has 7 nitrogen and oxygen atoms in total. The average molecular weight is 522 g/mol. The molecule has 0 spiro atoms. The van der Waals surface area contributed by atoms with Gasteiger partial charge in [-0.15, -0.1) is 0 Å². The number of pyridine rings is 1. The third-order valence-corrected chi connectivity index (χ3v) is 6.93. The number of amides is 1. The fourth-order valence-corrected chi connectivity index (χ4v) is 4.84. The summed E-state index contributed by atoms with van der Waals surface area (Å²) in [6.45, 7) is 9.83. The molecule has 0 aliphatic carbocycles. The van der Waals surface area contributed by atoms with Gasteiger partial charge in [0.05, 0.1) is 31.1 Å². The molecule has 1 amide bonds. The van der Waals surface area contributed by atoms with Crippen molar-refractivity contribution in [3.8, 4) is 0 Å². The van der Waals surface area contributed by atoms with Crippen molar-refractivity contribution in [1.29, 1.82) is 0 Å². The van der Waals surface area contributed by atoms with E-state index in [-0.39, 0.29) is 11.2 Å². The van der Waals surface area contributed by atoms with Crippen LogP contribution >= 0.6 is 11.8 Å². The van der Waals surface area contributed by atoms with Gasteiger partial charge in [0.25, 0.3) is 0 Å². The van der Waals surface area contributed by atoms with Crippen LogP contribution in [0.3, 0.4) is 0 Å². The van der Waals surface area contributed by atoms with Crippen molar-refractivity contribution in [2.24, 2.45) is 4.99 Å². The van der Waals surface area contributed by atoms with E-state index < -0.39 is 0 Å². The smallest absolute Gasteiger partial charge is 0.221 e. The Hall–Kier alpha value is -3.10. The Balaban J connectivity index is 1.73. The van der Waals surface area contributed by atoms with Crippen LogP contribution in [0.4, 0.5) is 11.4 Å². The Morgan fingerprint density at radius 3 is 2.65 bits per heavy atom. The van der Waals surface area contributed by atoms with Gasteiger partial charge < -0.3 is 19.9 Å². The van der Waals surface area contributed by atoms with Crippen LogP contribution in [0.2, 0.25) is 0 Å². The second kappa shape index (κ2) is 15.2. The van der Waals surface area contributed by atoms with E-state index in [0.717, 1.165) is 61.4 Å². The third kappa shape index (κ3) is 10.1. The maximum Gasteiger partial charge on any atom is 0.221 e. The van der Waals surface area contributed by atoms with Gasteiger partial charge in [-0.05, 0) is 55.3 Å². The molecule has 198 valence electrons. The van der Waals surface area contributed by atoms with E-state index in [9.17, 15) is 4.79 Å². The number of hydrogen-bond donors (Lipinski definition) is 1. The standard InChI is InChI=1S/C29H39N5O2S/c1-5-9-25(31-24(3)35)12-8-10-23(2)37-29(33(4)22-27-11-6-7-17-30-27)32-26-13-15-28(16-14-26)34-18-20-36-21-19-34/h6-9,11-17,23H,5,10,18-22H2,1-4H3,(H,31,35)/b12-8-,25-9+,32-29?. The molecule has 1 unspecified atom stereocenters. The SMILES string of the molecule is CC/C=C(\C=C/CC(C)SC(=Nc1ccc(N2CCOCC2)cc1)N(C)Cc1ccccn1)NC(C)=O. The van der Waals surface area contributed by atoms with Crippen molar-refractivity contribution in [3.05, 3.63) is 78.3 Å². The fraction of sp³-hybridized carbons (Fsp3) is 0.414. The molecule has 0 saturated carbocycles. The number of anilines is 1. The Bertz CT molecular complexity index is 1060. The molecular weight excluding hydrogens is 482 g/mol. The molecule has 1 N–H and O–H groups in total. The van der Waals surface area contributed by atoms with Gasteiger partial charge >= 0.3 is 0 Å². The topological polar surface area (TPSA) is 70.1 Å². The second-order valence-corrected chi connectivity index (χ2v) is 10.4. The van der Waals surface area contributed by atoms with Crippen LogP contribution in [0.15, 0.2) is 77.6 Å². The fourth-order valence-electron chi connectivity index (χ4n) is 3.87. The number of hydrogen-bond acceptors (Lipinski definition) is 6. The molecule has 2 heterocycles. The van der Waals surface area contributed by atoms with Gasteiger partial charge in [0.2, 0.25) is 5.91 Å². The van der Waals surface area contributed by atoms with Crippen molar-refractivity contribution in [1.82, 2.24) is 15.2 Å². The zero-order chi connectivity index (χ0) is 26.5. The first-order valence-corrected chi connectivity index (χ1v) is 13.8. The molecule has 1 fully saturated rings. The first kappa shape index (κ1) is 28.5. The summed E-state index contributed by atoms with van der Waals surface area (Å²) in [7, 11) is 2.06. The van der Waals surface area contributed by atoms with E-state index in [2.05, 4.69) is 71.3 Å². The van der Waals surface area contributed by atoms with E-state index in [1.54, 1.807) is 11.8 Å². The van der Waals surface area contributed by atoms with Gasteiger partial charge in [-0.2, -0.15) is 0 Å². The third-order valence-electron chi connectivity index (χ3n) is 5.72. The molecule has 2 aromatic rings. The van der Waals surface area contributed by atoms with Gasteiger partial charge in [-0.3, -0.25) is 9.78 Å². The van der Waals surface area contributed by atoms with Crippen LogP contribution in [0.25, 0.3) is 0 Å². The van der Waals surface area contributed by atoms with Crippen molar-refractivity contribution >= 4 is 34.2 Å². The van der Waals surface area contributed by atoms with Crippen molar-refractivity contribution in [3.63, 3.8) is 0 Å². The summed E-state index contributed by atoms with van der Waals surface area (Å²) in [5, 5.41) is 4.11. The molecule has 3 rings (SSSR count). The summed E-state index contributed by atoms with van der Waals surface area (Å²) in [5.74, 6) is -0.0584. The Morgan fingerprint density at radius 2 is 2.00 bits per heavy atom. The molecule has 0 radical (unpaired) electrons. The lowest BCUT2D eigenvalue weighted by Gasteiger charge is -2.28. The zero-order valence-electron chi connectivity index (χ0n) is 22.4. The summed E-state index contributed by atoms with van der Waals surface area (Å²) in [6, 6.07) is 14.4. The number of allylic oxidation sites excluding steroid dienone is 3. The zero-order valence-corrected chi connectivity index (χ0v) is 23.2. The lowest BCUT2D eigenvalue weighted by molar-refractivity contribution is -0.118. The average Bonchev–Trinajstić information content (AvgIpc) is 2.89. The van der Waals surface area contributed by atoms with Crippen LogP contribution in [-0.4, -0.2) is 59.6 Å². The molecule has 1 aliphatic rings. The van der Waals surface area contributed by atoms with Crippen LogP contribution in [0.1, 0.15) is 39.3 Å². The maximum absolute atomic E-state index is 11.5. The molecule has 1 aliphatic heterocycles. The normalized spacial score (nSPS) is 15.6. The number of carbonyl (C=O) groups is 1. The lowest BCUT2D eigenvalue weighted by Crippen LogP contribution is -2.36. The number of rotatable bonds is 10. The first-order chi connectivity index (χ1) is 17.9. The Morgan fingerprint density at radius 1 is 1.24 bits per heavy atom. The molecule has 1 saturated heterocycles. The number of morpholine rings is 1. The number of amidine groups is 1. The number of nitrogens with zero attached hydrogens (tertiary/aromatic N) is 4. The highest BCUT2D eigenvalue weighted by molar-refractivity contribution is 8.14. The summed E-state index contributed by atoms with van der Waals surface area (Å²) in [6.07, 6.45) is 9.65. The molecule has 1 atom stereocenters. The van der Waals surface area contributed by atoms with Gasteiger partial charge in [-0.25, -0.2) is 4.99 Å². The molecular formula is C29H39N5O2S. The van der Waals surface area contributed by atoms with Crippen LogP contribution in [-0.2, 0) is 16.1 Å². The minimum absolute atomic E-state index is 0.0584. The summed E-state index contributed by atoms with van der Waals surface area (Å²) < 4.78 is 5.48. The molecule has 1 aromatic carbocycles. The van der Waals surface area contributed by atoms with Gasteiger partial charge in [0.1, 0.15) is 0 Å². The monoisotopic (exact) mass is 521 g/mol. The second-order valence-electron chi connectivity index (χ2n) is 9.00. The minimum atomic E-state index is -0.0584. The first-order valence-electron chi connectivity index (χ1n) is 12.9. The number of aromatic nitrogens is 1. The van der Waals surface area contributed by atoms with Gasteiger partial charge in [0.15, 0.2) is 5.17 Å². The number of ether oxygens (including phenoxy) is 1. The highest BCUT2D eigenvalue weighted by Gasteiger charge is 2.15. The molecule has 8 heteroatoms. The molecule has 1 aromatic heterocycles. The predicted molar refractivity (Wildman–Crippen MR) is 155 cm³/mol. The quantitative estimate of drug-likeness (QED) is 0.252. The highest BCUT2D eigenvalue weighted by atomic mass is 32.2.